The van der Waals surface area contributed by atoms with Crippen LogP contribution >= 0.6 is 0 Å². The van der Waals surface area contributed by atoms with E-state index in [9.17, 15) is 13.2 Å². The molecule has 0 aliphatic carbocycles. The van der Waals surface area contributed by atoms with Crippen molar-refractivity contribution >= 4 is 21.6 Å². The van der Waals surface area contributed by atoms with Crippen LogP contribution in [0.4, 0.5) is 5.69 Å². The van der Waals surface area contributed by atoms with Crippen LogP contribution in [-0.4, -0.2) is 34.1 Å². The standard InChI is InChI=1S/C24H24N2O5S/c1-17-14-19(12-13-21(17)30-2)32(28,29)26-16-23(31-22-11-7-6-10-20(22)26)24(27)25-15-18-8-4-3-5-9-18/h3-14,23H,15-16H2,1-2H3,(H,25,27)/t23-/m1/s1. The Morgan fingerprint density at radius 2 is 1.81 bits per heavy atom. The quantitative estimate of drug-likeness (QED) is 0.621. The third kappa shape index (κ3) is 4.27. The molecular formula is C24H24N2O5S. The Balaban J connectivity index is 1.62. The maximum atomic E-state index is 13.5. The van der Waals surface area contributed by atoms with E-state index in [-0.39, 0.29) is 17.3 Å². The summed E-state index contributed by atoms with van der Waals surface area (Å²) in [4.78, 5) is 13.0. The van der Waals surface area contributed by atoms with E-state index in [4.69, 9.17) is 9.47 Å². The lowest BCUT2D eigenvalue weighted by molar-refractivity contribution is -0.127. The second-order valence-corrected chi connectivity index (χ2v) is 9.31. The van der Waals surface area contributed by atoms with Gasteiger partial charge in [0.1, 0.15) is 11.5 Å². The summed E-state index contributed by atoms with van der Waals surface area (Å²) >= 11 is 0. The van der Waals surface area contributed by atoms with Crippen LogP contribution in [0.25, 0.3) is 0 Å². The molecule has 8 heteroatoms. The van der Waals surface area contributed by atoms with Gasteiger partial charge in [-0.05, 0) is 48.4 Å². The minimum atomic E-state index is -3.94. The first-order valence-corrected chi connectivity index (χ1v) is 11.6. The number of nitrogens with zero attached hydrogens (tertiary/aromatic N) is 1. The van der Waals surface area contributed by atoms with Gasteiger partial charge in [-0.3, -0.25) is 9.10 Å². The van der Waals surface area contributed by atoms with Crippen molar-refractivity contribution in [2.75, 3.05) is 18.0 Å². The molecule has 0 aromatic heterocycles. The van der Waals surface area contributed by atoms with Crippen LogP contribution in [0, 0.1) is 6.92 Å². The molecule has 32 heavy (non-hydrogen) atoms. The van der Waals surface area contributed by atoms with Crippen LogP contribution in [-0.2, 0) is 21.4 Å². The van der Waals surface area contributed by atoms with Gasteiger partial charge in [-0.1, -0.05) is 42.5 Å². The Bertz CT molecular complexity index is 1230. The summed E-state index contributed by atoms with van der Waals surface area (Å²) in [6.07, 6.45) is -0.984. The average molecular weight is 453 g/mol. The minimum absolute atomic E-state index is 0.121. The number of amides is 1. The number of nitrogens with one attached hydrogen (secondary N) is 1. The van der Waals surface area contributed by atoms with Crippen molar-refractivity contribution in [3.63, 3.8) is 0 Å². The number of hydrogen-bond acceptors (Lipinski definition) is 5. The van der Waals surface area contributed by atoms with Crippen LogP contribution in [0.3, 0.4) is 0 Å². The highest BCUT2D eigenvalue weighted by molar-refractivity contribution is 7.92. The van der Waals surface area contributed by atoms with Crippen molar-refractivity contribution in [2.45, 2.75) is 24.5 Å². The number of anilines is 1. The highest BCUT2D eigenvalue weighted by Crippen LogP contribution is 2.37. The van der Waals surface area contributed by atoms with Crippen LogP contribution in [0.5, 0.6) is 11.5 Å². The summed E-state index contributed by atoms with van der Waals surface area (Å²) in [5.41, 5.74) is 2.04. The summed E-state index contributed by atoms with van der Waals surface area (Å²) in [7, 11) is -2.40. The number of aryl methyl sites for hydroxylation is 1. The lowest BCUT2D eigenvalue weighted by Gasteiger charge is -2.34. The van der Waals surface area contributed by atoms with Crippen LogP contribution in [0.1, 0.15) is 11.1 Å². The monoisotopic (exact) mass is 452 g/mol. The summed E-state index contributed by atoms with van der Waals surface area (Å²) in [6.45, 7) is 1.97. The molecule has 1 aliphatic heterocycles. The Kier molecular flexibility index (Phi) is 6.05. The van der Waals surface area contributed by atoms with Gasteiger partial charge < -0.3 is 14.8 Å². The van der Waals surface area contributed by atoms with E-state index >= 15 is 0 Å². The van der Waals surface area contributed by atoms with E-state index < -0.39 is 16.1 Å². The second-order valence-electron chi connectivity index (χ2n) is 7.45. The topological polar surface area (TPSA) is 84.9 Å². The molecule has 1 aliphatic rings. The van der Waals surface area contributed by atoms with Gasteiger partial charge in [-0.15, -0.1) is 0 Å². The fraction of sp³-hybridized carbons (Fsp3) is 0.208. The highest BCUT2D eigenvalue weighted by Gasteiger charge is 2.37. The molecular weight excluding hydrogens is 428 g/mol. The SMILES string of the molecule is COc1ccc(S(=O)(=O)N2C[C@H](C(=O)NCc3ccccc3)Oc3ccccc32)cc1C. The number of sulfonamides is 1. The number of methoxy groups -OCH3 is 1. The Labute approximate surface area is 187 Å². The summed E-state index contributed by atoms with van der Waals surface area (Å²) < 4.78 is 39.4. The molecule has 0 unspecified atom stereocenters. The first-order valence-electron chi connectivity index (χ1n) is 10.1. The molecule has 7 nitrogen and oxygen atoms in total. The van der Waals surface area contributed by atoms with Crippen molar-refractivity contribution in [2.24, 2.45) is 0 Å². The number of carbonyl (C=O) groups is 1. The molecule has 1 heterocycles. The molecule has 0 radical (unpaired) electrons. The van der Waals surface area contributed by atoms with Crippen molar-refractivity contribution < 1.29 is 22.7 Å². The van der Waals surface area contributed by atoms with Gasteiger partial charge in [0, 0.05) is 6.54 Å². The molecule has 1 atom stereocenters. The molecule has 0 saturated heterocycles. The van der Waals surface area contributed by atoms with Crippen molar-refractivity contribution in [3.8, 4) is 11.5 Å². The molecule has 0 saturated carbocycles. The molecule has 1 amide bonds. The van der Waals surface area contributed by atoms with Crippen LogP contribution in [0.2, 0.25) is 0 Å². The molecule has 0 bridgehead atoms. The largest absolute Gasteiger partial charge is 0.496 e. The molecule has 3 aromatic carbocycles. The summed E-state index contributed by atoms with van der Waals surface area (Å²) in [5, 5.41) is 2.83. The van der Waals surface area contributed by atoms with Gasteiger partial charge in [-0.2, -0.15) is 0 Å². The van der Waals surface area contributed by atoms with Gasteiger partial charge in [0.05, 0.1) is 24.2 Å². The maximum absolute atomic E-state index is 13.5. The predicted octanol–water partition coefficient (Wildman–Crippen LogP) is 3.28. The van der Waals surface area contributed by atoms with Crippen molar-refractivity contribution in [3.05, 3.63) is 83.9 Å². The zero-order chi connectivity index (χ0) is 22.7. The lowest BCUT2D eigenvalue weighted by Crippen LogP contribution is -2.50. The number of hydrogen-bond donors (Lipinski definition) is 1. The van der Waals surface area contributed by atoms with E-state index in [0.29, 0.717) is 29.3 Å². The first-order chi connectivity index (χ1) is 15.4. The molecule has 3 aromatic rings. The number of rotatable bonds is 6. The van der Waals surface area contributed by atoms with Gasteiger partial charge >= 0.3 is 0 Å². The van der Waals surface area contributed by atoms with E-state index in [1.54, 1.807) is 43.3 Å². The fourth-order valence-corrected chi connectivity index (χ4v) is 5.17. The molecule has 1 N–H and O–H groups in total. The zero-order valence-corrected chi connectivity index (χ0v) is 18.6. The maximum Gasteiger partial charge on any atom is 0.264 e. The van der Waals surface area contributed by atoms with E-state index in [2.05, 4.69) is 5.32 Å². The van der Waals surface area contributed by atoms with Crippen molar-refractivity contribution in [1.82, 2.24) is 5.32 Å². The smallest absolute Gasteiger partial charge is 0.264 e. The van der Waals surface area contributed by atoms with E-state index in [0.717, 1.165) is 5.56 Å². The van der Waals surface area contributed by atoms with E-state index in [1.165, 1.54) is 17.5 Å². The predicted molar refractivity (Wildman–Crippen MR) is 121 cm³/mol. The third-order valence-corrected chi connectivity index (χ3v) is 7.07. The van der Waals surface area contributed by atoms with Crippen molar-refractivity contribution in [1.29, 1.82) is 0 Å². The lowest BCUT2D eigenvalue weighted by atomic mass is 10.2. The minimum Gasteiger partial charge on any atom is -0.496 e. The Morgan fingerprint density at radius 1 is 1.09 bits per heavy atom. The summed E-state index contributed by atoms with van der Waals surface area (Å²) in [5.74, 6) is 0.561. The van der Waals surface area contributed by atoms with E-state index in [1.807, 2.05) is 30.3 Å². The van der Waals surface area contributed by atoms with Crippen LogP contribution in [0.15, 0.2) is 77.7 Å². The highest BCUT2D eigenvalue weighted by atomic mass is 32.2. The molecule has 166 valence electrons. The molecule has 0 fully saturated rings. The number of carbonyl (C=O) groups excluding carboxylic acids is 1. The zero-order valence-electron chi connectivity index (χ0n) is 17.8. The average Bonchev–Trinajstić information content (AvgIpc) is 2.82. The second kappa shape index (κ2) is 8.92. The third-order valence-electron chi connectivity index (χ3n) is 5.29. The Morgan fingerprint density at radius 3 is 2.53 bits per heavy atom. The normalized spacial score (nSPS) is 15.4. The first kappa shape index (κ1) is 21.7. The molecule has 0 spiro atoms. The number of fused-ring (bicyclic) bond motifs is 1. The summed E-state index contributed by atoms with van der Waals surface area (Å²) in [6, 6.07) is 21.0. The van der Waals surface area contributed by atoms with Gasteiger partial charge in [-0.25, -0.2) is 8.42 Å². The number of benzene rings is 3. The Hall–Kier alpha value is -3.52. The van der Waals surface area contributed by atoms with Gasteiger partial charge in [0.15, 0.2) is 6.10 Å². The molecule has 4 rings (SSSR count). The number of para-hydroxylation sites is 2. The van der Waals surface area contributed by atoms with Crippen LogP contribution < -0.4 is 19.1 Å². The number of ether oxygens (including phenoxy) is 2. The van der Waals surface area contributed by atoms with Gasteiger partial charge in [0.25, 0.3) is 15.9 Å². The van der Waals surface area contributed by atoms with Gasteiger partial charge in [0.2, 0.25) is 0 Å². The fourth-order valence-electron chi connectivity index (χ4n) is 3.60.